The molecule has 1 aliphatic rings. The highest BCUT2D eigenvalue weighted by Crippen LogP contribution is 2.34. The van der Waals surface area contributed by atoms with Gasteiger partial charge >= 0.3 is 6.03 Å². The quantitative estimate of drug-likeness (QED) is 0.723. The maximum Gasteiger partial charge on any atom is 0.315 e. The lowest BCUT2D eigenvalue weighted by Gasteiger charge is -2.30. The van der Waals surface area contributed by atoms with Crippen LogP contribution in [0.15, 0.2) is 30.3 Å². The van der Waals surface area contributed by atoms with Gasteiger partial charge in [-0.1, -0.05) is 49.6 Å². The Morgan fingerprint density at radius 1 is 1.33 bits per heavy atom. The zero-order chi connectivity index (χ0) is 15.1. The highest BCUT2D eigenvalue weighted by molar-refractivity contribution is 5.74. The molecule has 21 heavy (non-hydrogen) atoms. The first kappa shape index (κ1) is 15.8. The van der Waals surface area contributed by atoms with E-state index in [1.54, 1.807) is 6.92 Å². The third-order valence-corrected chi connectivity index (χ3v) is 4.15. The highest BCUT2D eigenvalue weighted by atomic mass is 16.3. The normalized spacial score (nSPS) is 17.6. The Bertz CT molecular complexity index is 430. The summed E-state index contributed by atoms with van der Waals surface area (Å²) in [4.78, 5) is 12.0. The number of hydrogen-bond acceptors (Lipinski definition) is 2. The minimum atomic E-state index is -0.384. The van der Waals surface area contributed by atoms with Gasteiger partial charge in [0.05, 0.1) is 12.1 Å². The van der Waals surface area contributed by atoms with Gasteiger partial charge in [0.2, 0.25) is 0 Å². The fourth-order valence-electron chi connectivity index (χ4n) is 2.63. The van der Waals surface area contributed by atoms with Gasteiger partial charge in [-0.05, 0) is 31.2 Å². The standard InChI is InChI=1S/C17H26N2O2/c1-13(20)10-11-18-17(21)19-16(12-14-6-5-7-14)15-8-3-2-4-9-15/h2-4,8-9,13-14,16,20H,5-7,10-12H2,1H3,(H2,18,19,21). The van der Waals surface area contributed by atoms with Crippen molar-refractivity contribution < 1.29 is 9.90 Å². The second-order valence-corrected chi connectivity index (χ2v) is 6.03. The van der Waals surface area contributed by atoms with Crippen molar-refractivity contribution in [3.05, 3.63) is 35.9 Å². The predicted octanol–water partition coefficient (Wildman–Crippen LogP) is 2.99. The molecule has 4 heteroatoms. The molecule has 0 saturated heterocycles. The molecular weight excluding hydrogens is 264 g/mol. The van der Waals surface area contributed by atoms with Gasteiger partial charge in [0.25, 0.3) is 0 Å². The number of urea groups is 1. The fourth-order valence-corrected chi connectivity index (χ4v) is 2.63. The Balaban J connectivity index is 1.87. The number of carbonyl (C=O) groups excluding carboxylic acids is 1. The van der Waals surface area contributed by atoms with E-state index in [1.807, 2.05) is 18.2 Å². The van der Waals surface area contributed by atoms with Crippen LogP contribution in [0.25, 0.3) is 0 Å². The van der Waals surface area contributed by atoms with Crippen LogP contribution in [0.3, 0.4) is 0 Å². The Labute approximate surface area is 126 Å². The van der Waals surface area contributed by atoms with Crippen LogP contribution in [0.5, 0.6) is 0 Å². The second-order valence-electron chi connectivity index (χ2n) is 6.03. The number of hydrogen-bond donors (Lipinski definition) is 3. The molecular formula is C17H26N2O2. The summed E-state index contributed by atoms with van der Waals surface area (Å²) in [7, 11) is 0. The Kier molecular flexibility index (Phi) is 6.05. The summed E-state index contributed by atoms with van der Waals surface area (Å²) in [5, 5.41) is 15.1. The van der Waals surface area contributed by atoms with E-state index in [4.69, 9.17) is 0 Å². The van der Waals surface area contributed by atoms with E-state index in [2.05, 4.69) is 22.8 Å². The molecule has 4 nitrogen and oxygen atoms in total. The molecule has 1 saturated carbocycles. The van der Waals surface area contributed by atoms with E-state index < -0.39 is 0 Å². The maximum absolute atomic E-state index is 12.0. The van der Waals surface area contributed by atoms with Crippen LogP contribution in [0, 0.1) is 5.92 Å². The first-order valence-corrected chi connectivity index (χ1v) is 7.92. The zero-order valence-electron chi connectivity index (χ0n) is 12.7. The lowest BCUT2D eigenvalue weighted by molar-refractivity contribution is 0.182. The van der Waals surface area contributed by atoms with Crippen LogP contribution in [0.2, 0.25) is 0 Å². The summed E-state index contributed by atoms with van der Waals surface area (Å²) >= 11 is 0. The molecule has 0 aromatic heterocycles. The van der Waals surface area contributed by atoms with Crippen molar-refractivity contribution in [1.29, 1.82) is 0 Å². The largest absolute Gasteiger partial charge is 0.393 e. The third-order valence-electron chi connectivity index (χ3n) is 4.15. The number of amides is 2. The summed E-state index contributed by atoms with van der Waals surface area (Å²) in [5.74, 6) is 0.730. The van der Waals surface area contributed by atoms with Gasteiger partial charge in [0.1, 0.15) is 0 Å². The SMILES string of the molecule is CC(O)CCNC(=O)NC(CC1CCC1)c1ccccc1. The van der Waals surface area contributed by atoms with E-state index in [-0.39, 0.29) is 18.2 Å². The molecule has 2 unspecified atom stereocenters. The van der Waals surface area contributed by atoms with Crippen LogP contribution in [0.4, 0.5) is 4.79 Å². The van der Waals surface area contributed by atoms with Gasteiger partial charge in [-0.15, -0.1) is 0 Å². The van der Waals surface area contributed by atoms with Crippen molar-refractivity contribution in [3.63, 3.8) is 0 Å². The molecule has 0 bridgehead atoms. The van der Waals surface area contributed by atoms with Gasteiger partial charge < -0.3 is 15.7 Å². The van der Waals surface area contributed by atoms with Crippen LogP contribution in [-0.2, 0) is 0 Å². The molecule has 116 valence electrons. The van der Waals surface area contributed by atoms with Gasteiger partial charge in [-0.2, -0.15) is 0 Å². The van der Waals surface area contributed by atoms with E-state index >= 15 is 0 Å². The Hall–Kier alpha value is -1.55. The van der Waals surface area contributed by atoms with E-state index in [1.165, 1.54) is 19.3 Å². The third kappa shape index (κ3) is 5.38. The molecule has 1 aromatic carbocycles. The van der Waals surface area contributed by atoms with Crippen LogP contribution in [0.1, 0.15) is 50.6 Å². The van der Waals surface area contributed by atoms with Crippen LogP contribution in [-0.4, -0.2) is 23.8 Å². The maximum atomic E-state index is 12.0. The first-order chi connectivity index (χ1) is 10.1. The summed E-state index contributed by atoms with van der Waals surface area (Å²) in [5.41, 5.74) is 1.16. The predicted molar refractivity (Wildman–Crippen MR) is 84.0 cm³/mol. The van der Waals surface area contributed by atoms with Crippen molar-refractivity contribution in [2.45, 2.75) is 51.2 Å². The molecule has 0 radical (unpaired) electrons. The summed E-state index contributed by atoms with van der Waals surface area (Å²) in [6.45, 7) is 2.22. The molecule has 1 aromatic rings. The minimum absolute atomic E-state index is 0.0723. The lowest BCUT2D eigenvalue weighted by atomic mass is 9.79. The first-order valence-electron chi connectivity index (χ1n) is 7.92. The molecule has 0 spiro atoms. The fraction of sp³-hybridized carbons (Fsp3) is 0.588. The molecule has 2 atom stereocenters. The average Bonchev–Trinajstić information content (AvgIpc) is 2.42. The van der Waals surface area contributed by atoms with Crippen molar-refractivity contribution >= 4 is 6.03 Å². The Morgan fingerprint density at radius 3 is 2.62 bits per heavy atom. The highest BCUT2D eigenvalue weighted by Gasteiger charge is 2.24. The van der Waals surface area contributed by atoms with Crippen molar-refractivity contribution in [3.8, 4) is 0 Å². The molecule has 0 aliphatic heterocycles. The van der Waals surface area contributed by atoms with Gasteiger partial charge in [-0.25, -0.2) is 4.79 Å². The number of aliphatic hydroxyl groups is 1. The van der Waals surface area contributed by atoms with Gasteiger partial charge in [0.15, 0.2) is 0 Å². The average molecular weight is 290 g/mol. The van der Waals surface area contributed by atoms with Gasteiger partial charge in [0, 0.05) is 6.54 Å². The topological polar surface area (TPSA) is 61.4 Å². The summed E-state index contributed by atoms with van der Waals surface area (Å²) in [6, 6.07) is 10.1. The van der Waals surface area contributed by atoms with Crippen molar-refractivity contribution in [2.75, 3.05) is 6.54 Å². The second kappa shape index (κ2) is 8.03. The molecule has 1 aliphatic carbocycles. The number of carbonyl (C=O) groups is 1. The zero-order valence-corrected chi connectivity index (χ0v) is 12.7. The van der Waals surface area contributed by atoms with Crippen molar-refractivity contribution in [1.82, 2.24) is 10.6 Å². The lowest BCUT2D eigenvalue weighted by Crippen LogP contribution is -2.40. The summed E-state index contributed by atoms with van der Waals surface area (Å²) < 4.78 is 0. The van der Waals surface area contributed by atoms with E-state index in [0.717, 1.165) is 17.9 Å². The molecule has 0 heterocycles. The van der Waals surface area contributed by atoms with E-state index in [9.17, 15) is 9.90 Å². The molecule has 1 fully saturated rings. The van der Waals surface area contributed by atoms with Crippen molar-refractivity contribution in [2.24, 2.45) is 5.92 Å². The number of rotatable bonds is 7. The number of benzene rings is 1. The minimum Gasteiger partial charge on any atom is -0.393 e. The number of nitrogens with one attached hydrogen (secondary N) is 2. The molecule has 2 rings (SSSR count). The summed E-state index contributed by atoms with van der Waals surface area (Å²) in [6.07, 6.45) is 5.06. The smallest absolute Gasteiger partial charge is 0.315 e. The van der Waals surface area contributed by atoms with Crippen LogP contribution < -0.4 is 10.6 Å². The van der Waals surface area contributed by atoms with Crippen LogP contribution >= 0.6 is 0 Å². The van der Waals surface area contributed by atoms with E-state index in [0.29, 0.717) is 13.0 Å². The van der Waals surface area contributed by atoms with Gasteiger partial charge in [-0.3, -0.25) is 0 Å². The molecule has 2 amide bonds. The monoisotopic (exact) mass is 290 g/mol. The number of aliphatic hydroxyl groups excluding tert-OH is 1. The molecule has 3 N–H and O–H groups in total. The Morgan fingerprint density at radius 2 is 2.05 bits per heavy atom.